The Morgan fingerprint density at radius 2 is 1.69 bits per heavy atom. The van der Waals surface area contributed by atoms with E-state index in [0.717, 1.165) is 9.84 Å². The molecule has 0 spiro atoms. The van der Waals surface area contributed by atoms with Crippen LogP contribution in [0.4, 0.5) is 0 Å². The monoisotopic (exact) mass is 288 g/mol. The Morgan fingerprint density at radius 1 is 1.23 bits per heavy atom. The molecule has 0 bridgehead atoms. The molecule has 72 valence electrons. The molecule has 0 nitrogen and oxygen atoms in total. The minimum Gasteiger partial charge on any atom is -0.0819 e. The maximum absolute atomic E-state index is 2.52. The SMILES string of the molecule is CCC.IC1CC1c1ccccc1. The van der Waals surface area contributed by atoms with Gasteiger partial charge in [-0.3, -0.25) is 0 Å². The molecular formula is C12H17I. The van der Waals surface area contributed by atoms with Gasteiger partial charge in [0, 0.05) is 3.92 Å². The minimum atomic E-state index is 0.863. The second-order valence-corrected chi connectivity index (χ2v) is 5.08. The lowest BCUT2D eigenvalue weighted by atomic mass is 10.1. The van der Waals surface area contributed by atoms with Gasteiger partial charge in [-0.15, -0.1) is 0 Å². The molecule has 2 unspecified atom stereocenters. The zero-order valence-corrected chi connectivity index (χ0v) is 10.5. The fourth-order valence-corrected chi connectivity index (χ4v) is 2.17. The highest BCUT2D eigenvalue weighted by atomic mass is 127. The Hall–Kier alpha value is -0.0500. The smallest absolute Gasteiger partial charge is 0.0185 e. The lowest BCUT2D eigenvalue weighted by Gasteiger charge is -1.93. The molecule has 0 amide bonds. The van der Waals surface area contributed by atoms with Crippen LogP contribution in [0, 0.1) is 0 Å². The number of alkyl halides is 1. The average molecular weight is 288 g/mol. The topological polar surface area (TPSA) is 0 Å². The second kappa shape index (κ2) is 5.63. The Labute approximate surface area is 94.9 Å². The molecule has 0 aliphatic heterocycles. The molecule has 13 heavy (non-hydrogen) atoms. The number of halogens is 1. The average Bonchev–Trinajstić information content (AvgIpc) is 2.86. The number of benzene rings is 1. The van der Waals surface area contributed by atoms with Gasteiger partial charge in [0.1, 0.15) is 0 Å². The number of rotatable bonds is 1. The third-order valence-corrected chi connectivity index (χ3v) is 3.32. The van der Waals surface area contributed by atoms with Gasteiger partial charge in [-0.1, -0.05) is 73.2 Å². The van der Waals surface area contributed by atoms with E-state index in [0.29, 0.717) is 0 Å². The van der Waals surface area contributed by atoms with Crippen LogP contribution in [0.25, 0.3) is 0 Å². The zero-order chi connectivity index (χ0) is 9.68. The lowest BCUT2D eigenvalue weighted by Crippen LogP contribution is -1.78. The van der Waals surface area contributed by atoms with Crippen molar-refractivity contribution in [3.05, 3.63) is 35.9 Å². The first kappa shape index (κ1) is 11.0. The van der Waals surface area contributed by atoms with E-state index >= 15 is 0 Å². The van der Waals surface area contributed by atoms with Crippen molar-refractivity contribution in [2.75, 3.05) is 0 Å². The van der Waals surface area contributed by atoms with Gasteiger partial charge in [-0.25, -0.2) is 0 Å². The van der Waals surface area contributed by atoms with E-state index in [1.807, 2.05) is 0 Å². The van der Waals surface area contributed by atoms with Crippen molar-refractivity contribution in [2.24, 2.45) is 0 Å². The summed E-state index contributed by atoms with van der Waals surface area (Å²) in [5.74, 6) is 0.863. The molecule has 2 rings (SSSR count). The molecule has 1 heteroatoms. The van der Waals surface area contributed by atoms with E-state index in [9.17, 15) is 0 Å². The van der Waals surface area contributed by atoms with E-state index in [2.05, 4.69) is 66.8 Å². The number of hydrogen-bond donors (Lipinski definition) is 0. The first-order chi connectivity index (χ1) is 6.29. The van der Waals surface area contributed by atoms with Crippen LogP contribution < -0.4 is 0 Å². The van der Waals surface area contributed by atoms with Crippen LogP contribution in [-0.2, 0) is 0 Å². The van der Waals surface area contributed by atoms with Gasteiger partial charge in [-0.05, 0) is 17.9 Å². The quantitative estimate of drug-likeness (QED) is 0.531. The Morgan fingerprint density at radius 3 is 2.08 bits per heavy atom. The van der Waals surface area contributed by atoms with E-state index in [1.54, 1.807) is 0 Å². The maximum atomic E-state index is 2.52. The van der Waals surface area contributed by atoms with Crippen LogP contribution >= 0.6 is 22.6 Å². The van der Waals surface area contributed by atoms with Crippen LogP contribution in [0.2, 0.25) is 0 Å². The van der Waals surface area contributed by atoms with Crippen LogP contribution in [0.5, 0.6) is 0 Å². The fourth-order valence-electron chi connectivity index (χ4n) is 1.21. The Bertz CT molecular complexity index is 230. The van der Waals surface area contributed by atoms with Crippen molar-refractivity contribution in [2.45, 2.75) is 36.5 Å². The molecule has 2 atom stereocenters. The molecule has 0 aromatic heterocycles. The Balaban J connectivity index is 0.000000251. The summed E-state index contributed by atoms with van der Waals surface area (Å²) in [6.45, 7) is 4.25. The highest BCUT2D eigenvalue weighted by Gasteiger charge is 2.35. The molecule has 1 fully saturated rings. The molecule has 0 heterocycles. The number of hydrogen-bond acceptors (Lipinski definition) is 0. The molecular weight excluding hydrogens is 271 g/mol. The van der Waals surface area contributed by atoms with Crippen LogP contribution in [0.15, 0.2) is 30.3 Å². The molecule has 1 aromatic carbocycles. The molecule has 0 N–H and O–H groups in total. The normalized spacial score (nSPS) is 24.5. The standard InChI is InChI=1S/C9H9I.C3H8/c10-9-6-8(9)7-4-2-1-3-5-7;1-3-2/h1-5,8-9H,6H2;3H2,1-2H3. The van der Waals surface area contributed by atoms with Crippen LogP contribution in [-0.4, -0.2) is 3.92 Å². The van der Waals surface area contributed by atoms with E-state index in [-0.39, 0.29) is 0 Å². The molecule has 0 saturated heterocycles. The highest BCUT2D eigenvalue weighted by molar-refractivity contribution is 14.1. The van der Waals surface area contributed by atoms with E-state index in [1.165, 1.54) is 18.4 Å². The molecule has 0 radical (unpaired) electrons. The Kier molecular flexibility index (Phi) is 4.78. The van der Waals surface area contributed by atoms with Gasteiger partial charge < -0.3 is 0 Å². The summed E-state index contributed by atoms with van der Waals surface area (Å²) in [6, 6.07) is 10.8. The van der Waals surface area contributed by atoms with E-state index < -0.39 is 0 Å². The summed E-state index contributed by atoms with van der Waals surface area (Å²) >= 11 is 2.52. The fraction of sp³-hybridized carbons (Fsp3) is 0.500. The van der Waals surface area contributed by atoms with Crippen LogP contribution in [0.3, 0.4) is 0 Å². The third kappa shape index (κ3) is 3.67. The summed E-state index contributed by atoms with van der Waals surface area (Å²) in [4.78, 5) is 0. The maximum Gasteiger partial charge on any atom is 0.0185 e. The van der Waals surface area contributed by atoms with Gasteiger partial charge in [0.25, 0.3) is 0 Å². The summed E-state index contributed by atoms with van der Waals surface area (Å²) in [6.07, 6.45) is 2.63. The zero-order valence-electron chi connectivity index (χ0n) is 8.33. The predicted octanol–water partition coefficient (Wildman–Crippen LogP) is 4.39. The minimum absolute atomic E-state index is 0.863. The van der Waals surface area contributed by atoms with Gasteiger partial charge in [0.05, 0.1) is 0 Å². The van der Waals surface area contributed by atoms with Crippen molar-refractivity contribution in [3.63, 3.8) is 0 Å². The lowest BCUT2D eigenvalue weighted by molar-refractivity contribution is 1.09. The molecule has 1 aliphatic carbocycles. The molecule has 1 saturated carbocycles. The summed E-state index contributed by atoms with van der Waals surface area (Å²) < 4.78 is 0.903. The highest BCUT2D eigenvalue weighted by Crippen LogP contribution is 2.46. The van der Waals surface area contributed by atoms with Gasteiger partial charge in [0.15, 0.2) is 0 Å². The van der Waals surface area contributed by atoms with Crippen molar-refractivity contribution >= 4 is 22.6 Å². The molecule has 1 aliphatic rings. The van der Waals surface area contributed by atoms with Crippen molar-refractivity contribution in [1.82, 2.24) is 0 Å². The van der Waals surface area contributed by atoms with Crippen LogP contribution in [0.1, 0.15) is 38.2 Å². The second-order valence-electron chi connectivity index (χ2n) is 3.48. The summed E-state index contributed by atoms with van der Waals surface area (Å²) in [5.41, 5.74) is 1.52. The largest absolute Gasteiger partial charge is 0.0819 e. The van der Waals surface area contributed by atoms with E-state index in [4.69, 9.17) is 0 Å². The summed E-state index contributed by atoms with van der Waals surface area (Å²) in [7, 11) is 0. The first-order valence-corrected chi connectivity index (χ1v) is 6.23. The third-order valence-electron chi connectivity index (χ3n) is 1.94. The van der Waals surface area contributed by atoms with Gasteiger partial charge in [0.2, 0.25) is 0 Å². The summed E-state index contributed by atoms with van der Waals surface area (Å²) in [5, 5.41) is 0. The molecule has 1 aromatic rings. The van der Waals surface area contributed by atoms with Crippen molar-refractivity contribution in [1.29, 1.82) is 0 Å². The van der Waals surface area contributed by atoms with Crippen molar-refractivity contribution in [3.8, 4) is 0 Å². The first-order valence-electron chi connectivity index (χ1n) is 4.98. The van der Waals surface area contributed by atoms with Crippen molar-refractivity contribution < 1.29 is 0 Å². The predicted molar refractivity (Wildman–Crippen MR) is 67.6 cm³/mol. The van der Waals surface area contributed by atoms with Gasteiger partial charge in [-0.2, -0.15) is 0 Å². The van der Waals surface area contributed by atoms with Gasteiger partial charge >= 0.3 is 0 Å².